The normalized spacial score (nSPS) is 18.6. The van der Waals surface area contributed by atoms with Crippen molar-refractivity contribution < 1.29 is 4.74 Å². The smallest absolute Gasteiger partial charge is 0.168 e. The Bertz CT molecular complexity index is 957. The van der Waals surface area contributed by atoms with E-state index in [1.165, 1.54) is 10.8 Å². The van der Waals surface area contributed by atoms with Gasteiger partial charge in [-0.2, -0.15) is 15.0 Å². The Labute approximate surface area is 166 Å². The van der Waals surface area contributed by atoms with Crippen molar-refractivity contribution in [1.82, 2.24) is 14.8 Å². The molecule has 1 aliphatic rings. The number of anilines is 1. The van der Waals surface area contributed by atoms with Crippen molar-refractivity contribution in [2.75, 3.05) is 24.7 Å². The molecule has 0 unspecified atom stereocenters. The summed E-state index contributed by atoms with van der Waals surface area (Å²) in [6.07, 6.45) is 2.55. The van der Waals surface area contributed by atoms with Gasteiger partial charge in [-0.05, 0) is 54.4 Å². The van der Waals surface area contributed by atoms with E-state index in [0.717, 1.165) is 23.0 Å². The number of hydrogen-bond acceptors (Lipinski definition) is 7. The quantitative estimate of drug-likeness (QED) is 0.718. The van der Waals surface area contributed by atoms with E-state index in [4.69, 9.17) is 20.9 Å². The zero-order valence-electron chi connectivity index (χ0n) is 15.5. The fraction of sp³-hybridized carbons (Fsp3) is 0.444. The molecule has 0 aromatic carbocycles. The van der Waals surface area contributed by atoms with E-state index in [1.54, 1.807) is 0 Å². The zero-order chi connectivity index (χ0) is 19.8. The van der Waals surface area contributed by atoms with Gasteiger partial charge in [0.1, 0.15) is 16.2 Å². The summed E-state index contributed by atoms with van der Waals surface area (Å²) in [5.74, 6) is 1.04. The Morgan fingerprint density at radius 3 is 2.93 bits per heavy atom. The van der Waals surface area contributed by atoms with Crippen LogP contribution in [0.15, 0.2) is 16.7 Å². The van der Waals surface area contributed by atoms with Gasteiger partial charge in [-0.3, -0.25) is 0 Å². The lowest BCUT2D eigenvalue weighted by molar-refractivity contribution is 0.0985. The average Bonchev–Trinajstić information content (AvgIpc) is 2.98. The highest BCUT2D eigenvalue weighted by Crippen LogP contribution is 2.37. The molecule has 2 aromatic heterocycles. The van der Waals surface area contributed by atoms with Crippen LogP contribution in [0.2, 0.25) is 0 Å². The van der Waals surface area contributed by atoms with Crippen LogP contribution in [-0.4, -0.2) is 46.8 Å². The molecule has 0 amide bonds. The van der Waals surface area contributed by atoms with Crippen molar-refractivity contribution in [1.29, 1.82) is 10.7 Å². The number of halogens is 1. The first-order chi connectivity index (χ1) is 12.8. The molecule has 142 valence electrons. The van der Waals surface area contributed by atoms with Crippen LogP contribution in [-0.2, 0) is 10.2 Å². The molecule has 3 N–H and O–H groups in total. The van der Waals surface area contributed by atoms with E-state index in [9.17, 15) is 5.26 Å². The van der Waals surface area contributed by atoms with Crippen LogP contribution in [0.4, 0.5) is 5.82 Å². The van der Waals surface area contributed by atoms with Gasteiger partial charge in [-0.1, -0.05) is 0 Å². The van der Waals surface area contributed by atoms with Gasteiger partial charge in [0.2, 0.25) is 0 Å². The van der Waals surface area contributed by atoms with Crippen molar-refractivity contribution in [2.24, 2.45) is 5.73 Å². The first-order valence-electron chi connectivity index (χ1n) is 8.62. The van der Waals surface area contributed by atoms with Crippen molar-refractivity contribution in [2.45, 2.75) is 32.2 Å². The lowest BCUT2D eigenvalue weighted by atomic mass is 9.85. The van der Waals surface area contributed by atoms with Crippen LogP contribution in [0.5, 0.6) is 0 Å². The zero-order valence-corrected chi connectivity index (χ0v) is 17.1. The molecule has 0 radical (unpaired) electrons. The third-order valence-corrected chi connectivity index (χ3v) is 5.25. The second-order valence-corrected chi connectivity index (χ2v) is 7.79. The van der Waals surface area contributed by atoms with Gasteiger partial charge in [0, 0.05) is 12.8 Å². The molecule has 27 heavy (non-hydrogen) atoms. The van der Waals surface area contributed by atoms with Crippen molar-refractivity contribution in [3.05, 3.63) is 22.3 Å². The molecule has 0 saturated carbocycles. The largest absolute Gasteiger partial charge is 0.384 e. The van der Waals surface area contributed by atoms with Crippen molar-refractivity contribution in [3.63, 3.8) is 0 Å². The highest BCUT2D eigenvalue weighted by molar-refractivity contribution is 9.10. The Morgan fingerprint density at radius 1 is 1.56 bits per heavy atom. The molecule has 2 aromatic rings. The van der Waals surface area contributed by atoms with Crippen LogP contribution in [0.3, 0.4) is 0 Å². The van der Waals surface area contributed by atoms with Crippen molar-refractivity contribution in [3.8, 4) is 6.07 Å². The topological polar surface area (TPSA) is 117 Å². The number of nitrogens with one attached hydrogen (secondary N) is 1. The number of nitriles is 1. The van der Waals surface area contributed by atoms with Crippen LogP contribution >= 0.6 is 15.9 Å². The monoisotopic (exact) mass is 431 g/mol. The summed E-state index contributed by atoms with van der Waals surface area (Å²) in [6, 6.07) is 4.49. The molecule has 0 bridgehead atoms. The van der Waals surface area contributed by atoms with E-state index in [0.29, 0.717) is 30.0 Å². The number of pyridine rings is 1. The van der Waals surface area contributed by atoms with Crippen LogP contribution in [0.25, 0.3) is 16.9 Å². The van der Waals surface area contributed by atoms with Crippen LogP contribution < -0.4 is 10.6 Å². The fourth-order valence-corrected chi connectivity index (χ4v) is 3.71. The van der Waals surface area contributed by atoms with E-state index in [2.05, 4.69) is 38.9 Å². The molecule has 3 rings (SSSR count). The molecule has 1 atom stereocenters. The average molecular weight is 432 g/mol. The van der Waals surface area contributed by atoms with Gasteiger partial charge in [0.05, 0.1) is 36.1 Å². The van der Waals surface area contributed by atoms with Gasteiger partial charge < -0.3 is 20.8 Å². The number of hydrogen-bond donors (Lipinski definition) is 2. The number of morpholine rings is 1. The number of rotatable bonds is 4. The molecule has 1 fully saturated rings. The molecule has 1 aliphatic heterocycles. The van der Waals surface area contributed by atoms with Gasteiger partial charge in [0.15, 0.2) is 5.65 Å². The van der Waals surface area contributed by atoms with Crippen molar-refractivity contribution >= 4 is 44.8 Å². The lowest BCUT2D eigenvalue weighted by Crippen LogP contribution is -2.44. The summed E-state index contributed by atoms with van der Waals surface area (Å²) < 4.78 is 7.59. The predicted molar refractivity (Wildman–Crippen MR) is 109 cm³/mol. The summed E-state index contributed by atoms with van der Waals surface area (Å²) in [5, 5.41) is 22.2. The second kappa shape index (κ2) is 7.29. The Hall–Kier alpha value is -2.44. The SMILES string of the molecule is C[C@@H]1COCCN1c1cc(C(C)(C)C#N)c2c(Br)nn(C(N)=CC=N)c2n1. The maximum atomic E-state index is 9.74. The number of aromatic nitrogens is 3. The molecule has 8 nitrogen and oxygen atoms in total. The Morgan fingerprint density at radius 2 is 2.30 bits per heavy atom. The van der Waals surface area contributed by atoms with E-state index in [1.807, 2.05) is 19.9 Å². The van der Waals surface area contributed by atoms with Gasteiger partial charge >= 0.3 is 0 Å². The number of ether oxygens (including phenoxy) is 1. The van der Waals surface area contributed by atoms with E-state index < -0.39 is 5.41 Å². The summed E-state index contributed by atoms with van der Waals surface area (Å²) in [4.78, 5) is 6.99. The van der Waals surface area contributed by atoms with Gasteiger partial charge in [0.25, 0.3) is 0 Å². The summed E-state index contributed by atoms with van der Waals surface area (Å²) in [5.41, 5.74) is 6.71. The predicted octanol–water partition coefficient (Wildman–Crippen LogP) is 2.63. The van der Waals surface area contributed by atoms with Crippen LogP contribution in [0, 0.1) is 16.7 Å². The maximum absolute atomic E-state index is 9.74. The molecule has 0 spiro atoms. The fourth-order valence-electron chi connectivity index (χ4n) is 3.16. The minimum atomic E-state index is -0.748. The third-order valence-electron chi connectivity index (χ3n) is 4.69. The maximum Gasteiger partial charge on any atom is 0.168 e. The van der Waals surface area contributed by atoms with Gasteiger partial charge in [-0.15, -0.1) is 0 Å². The molecule has 3 heterocycles. The van der Waals surface area contributed by atoms with E-state index in [-0.39, 0.29) is 11.9 Å². The Balaban J connectivity index is 2.33. The third kappa shape index (κ3) is 3.42. The molecule has 0 aliphatic carbocycles. The summed E-state index contributed by atoms with van der Waals surface area (Å²) in [7, 11) is 0. The highest BCUT2D eigenvalue weighted by Gasteiger charge is 2.30. The number of fused-ring (bicyclic) bond motifs is 1. The first-order valence-corrected chi connectivity index (χ1v) is 9.41. The molecule has 9 heteroatoms. The van der Waals surface area contributed by atoms with E-state index >= 15 is 0 Å². The lowest BCUT2D eigenvalue weighted by Gasteiger charge is -2.35. The second-order valence-electron chi connectivity index (χ2n) is 7.04. The summed E-state index contributed by atoms with van der Waals surface area (Å²) in [6.45, 7) is 7.78. The van der Waals surface area contributed by atoms with Crippen LogP contribution in [0.1, 0.15) is 26.3 Å². The first kappa shape index (κ1) is 19.3. The molecular weight excluding hydrogens is 410 g/mol. The number of nitrogens with zero attached hydrogens (tertiary/aromatic N) is 5. The number of nitrogens with two attached hydrogens (primary N) is 1. The minimum Gasteiger partial charge on any atom is -0.384 e. The standard InChI is InChI=1S/C18H22BrN7O/c1-11-9-27-7-6-25(11)14-8-12(18(2,3)10-21)15-16(19)24-26(17(15)23-14)13(22)4-5-20/h4-5,8,11,20H,6-7,9,22H2,1-3H3/t11-/m1/s1. The Kier molecular flexibility index (Phi) is 5.22. The van der Waals surface area contributed by atoms with Gasteiger partial charge in [-0.25, -0.2) is 4.98 Å². The number of allylic oxidation sites excluding steroid dienone is 1. The molecular formula is C18H22BrN7O. The highest BCUT2D eigenvalue weighted by atomic mass is 79.9. The minimum absolute atomic E-state index is 0.163. The molecule has 1 saturated heterocycles. The summed E-state index contributed by atoms with van der Waals surface area (Å²) >= 11 is 3.49.